The summed E-state index contributed by atoms with van der Waals surface area (Å²) in [6, 6.07) is 5.91. The van der Waals surface area contributed by atoms with E-state index in [0.29, 0.717) is 27.6 Å². The van der Waals surface area contributed by atoms with Gasteiger partial charge >= 0.3 is 6.18 Å². The Kier molecular flexibility index (Phi) is 6.23. The molecule has 160 valence electrons. The van der Waals surface area contributed by atoms with Gasteiger partial charge in [0.05, 0.1) is 22.5 Å². The van der Waals surface area contributed by atoms with Gasteiger partial charge in [-0.1, -0.05) is 29.8 Å². The van der Waals surface area contributed by atoms with Crippen LogP contribution in [0.3, 0.4) is 0 Å². The first kappa shape index (κ1) is 21.9. The number of rotatable bonds is 6. The topological polar surface area (TPSA) is 86.1 Å². The molecule has 0 spiro atoms. The molecule has 10 heteroatoms. The predicted molar refractivity (Wildman–Crippen MR) is 106 cm³/mol. The van der Waals surface area contributed by atoms with Crippen molar-refractivity contribution >= 4 is 17.5 Å². The summed E-state index contributed by atoms with van der Waals surface area (Å²) in [6.45, 7) is 1.74. The molecule has 3 N–H and O–H groups in total. The summed E-state index contributed by atoms with van der Waals surface area (Å²) in [5.74, 6) is 0.000141. The molecule has 3 rings (SSSR count). The molecule has 1 aromatic carbocycles. The Bertz CT molecular complexity index is 1040. The van der Waals surface area contributed by atoms with Crippen molar-refractivity contribution < 1.29 is 22.4 Å². The average Bonchev–Trinajstić information content (AvgIpc) is 3.22. The molecule has 0 radical (unpaired) electrons. The molecule has 2 aromatic heterocycles. The summed E-state index contributed by atoms with van der Waals surface area (Å²) in [5, 5.41) is 7.19. The van der Waals surface area contributed by atoms with E-state index >= 15 is 0 Å². The minimum absolute atomic E-state index is 0.0437. The zero-order chi connectivity index (χ0) is 22.1. The van der Waals surface area contributed by atoms with Crippen LogP contribution in [0.2, 0.25) is 5.02 Å². The second-order valence-corrected chi connectivity index (χ2v) is 7.26. The number of aryl methyl sites for hydroxylation is 2. The van der Waals surface area contributed by atoms with Crippen molar-refractivity contribution in [1.82, 2.24) is 15.1 Å². The van der Waals surface area contributed by atoms with Gasteiger partial charge in [-0.05, 0) is 31.0 Å². The fourth-order valence-corrected chi connectivity index (χ4v) is 3.42. The maximum Gasteiger partial charge on any atom is 0.416 e. The summed E-state index contributed by atoms with van der Waals surface area (Å²) in [7, 11) is 1.72. The van der Waals surface area contributed by atoms with Gasteiger partial charge in [0.25, 0.3) is 5.91 Å². The third kappa shape index (κ3) is 4.68. The molecule has 2 heterocycles. The maximum atomic E-state index is 12.9. The zero-order valence-corrected chi connectivity index (χ0v) is 17.0. The second-order valence-electron chi connectivity index (χ2n) is 6.85. The van der Waals surface area contributed by atoms with E-state index in [0.717, 1.165) is 12.1 Å². The molecule has 0 fully saturated rings. The normalized spacial score (nSPS) is 12.8. The van der Waals surface area contributed by atoms with Crippen LogP contribution in [0.15, 0.2) is 40.9 Å². The smallest absolute Gasteiger partial charge is 0.416 e. The Labute approximate surface area is 175 Å². The quantitative estimate of drug-likeness (QED) is 0.607. The fraction of sp³-hybridized carbons (Fsp3) is 0.300. The molecular weight excluding hydrogens is 421 g/mol. The summed E-state index contributed by atoms with van der Waals surface area (Å²) >= 11 is 6.16. The SMILES string of the molecule is Cc1oc(C(=O)N[C@H](CN)Cc2cccc(C(F)(F)F)c2)cc1-c1c(Cl)cnn1C. The Morgan fingerprint density at radius 1 is 1.37 bits per heavy atom. The van der Waals surface area contributed by atoms with Crippen LogP contribution in [0.1, 0.15) is 27.4 Å². The number of amides is 1. The van der Waals surface area contributed by atoms with E-state index in [9.17, 15) is 18.0 Å². The van der Waals surface area contributed by atoms with E-state index < -0.39 is 23.7 Å². The molecule has 1 amide bonds. The van der Waals surface area contributed by atoms with Gasteiger partial charge in [-0.3, -0.25) is 9.48 Å². The standard InChI is InChI=1S/C20H20ClF3N4O2/c1-11-15(18-16(21)10-26-28(18)2)8-17(30-11)19(29)27-14(9-25)7-12-4-3-5-13(6-12)20(22,23)24/h3-6,8,10,14H,7,9,25H2,1-2H3,(H,27,29)/t14-/m0/s1. The van der Waals surface area contributed by atoms with Gasteiger partial charge in [-0.2, -0.15) is 18.3 Å². The van der Waals surface area contributed by atoms with Crippen LogP contribution in [0.4, 0.5) is 13.2 Å². The summed E-state index contributed by atoms with van der Waals surface area (Å²) in [5.41, 5.74) is 6.62. The van der Waals surface area contributed by atoms with Crippen molar-refractivity contribution in [2.24, 2.45) is 12.8 Å². The molecule has 1 atom stereocenters. The van der Waals surface area contributed by atoms with Crippen molar-refractivity contribution in [2.45, 2.75) is 25.6 Å². The van der Waals surface area contributed by atoms with Crippen molar-refractivity contribution in [3.8, 4) is 11.3 Å². The van der Waals surface area contributed by atoms with Crippen LogP contribution in [-0.4, -0.2) is 28.3 Å². The van der Waals surface area contributed by atoms with E-state index in [4.69, 9.17) is 21.8 Å². The lowest BCUT2D eigenvalue weighted by atomic mass is 10.0. The van der Waals surface area contributed by atoms with Gasteiger partial charge in [0, 0.05) is 25.2 Å². The van der Waals surface area contributed by atoms with E-state index in [2.05, 4.69) is 10.4 Å². The van der Waals surface area contributed by atoms with Crippen molar-refractivity contribution in [3.63, 3.8) is 0 Å². The number of hydrogen-bond acceptors (Lipinski definition) is 4. The number of nitrogens with two attached hydrogens (primary N) is 1. The molecule has 30 heavy (non-hydrogen) atoms. The molecule has 0 aliphatic rings. The minimum Gasteiger partial charge on any atom is -0.455 e. The summed E-state index contributed by atoms with van der Waals surface area (Å²) in [6.07, 6.45) is -2.80. The lowest BCUT2D eigenvalue weighted by Gasteiger charge is -2.17. The summed E-state index contributed by atoms with van der Waals surface area (Å²) in [4.78, 5) is 12.6. The number of furan rings is 1. The van der Waals surface area contributed by atoms with Gasteiger partial charge in [-0.15, -0.1) is 0 Å². The van der Waals surface area contributed by atoms with Crippen LogP contribution in [-0.2, 0) is 19.6 Å². The van der Waals surface area contributed by atoms with Gasteiger partial charge < -0.3 is 15.5 Å². The van der Waals surface area contributed by atoms with Gasteiger partial charge in [0.1, 0.15) is 5.76 Å². The second kappa shape index (κ2) is 8.53. The number of hydrogen-bond donors (Lipinski definition) is 2. The average molecular weight is 441 g/mol. The molecule has 0 unspecified atom stereocenters. The third-order valence-electron chi connectivity index (χ3n) is 4.65. The molecule has 3 aromatic rings. The van der Waals surface area contributed by atoms with Crippen LogP contribution in [0.5, 0.6) is 0 Å². The number of nitrogens with zero attached hydrogens (tertiary/aromatic N) is 2. The monoisotopic (exact) mass is 440 g/mol. The predicted octanol–water partition coefficient (Wildman–Crippen LogP) is 3.96. The van der Waals surface area contributed by atoms with E-state index in [1.807, 2.05) is 0 Å². The molecule has 0 aliphatic heterocycles. The van der Waals surface area contributed by atoms with E-state index in [1.54, 1.807) is 30.8 Å². The third-order valence-corrected chi connectivity index (χ3v) is 4.92. The summed E-state index contributed by atoms with van der Waals surface area (Å²) < 4.78 is 45.9. The maximum absolute atomic E-state index is 12.9. The minimum atomic E-state index is -4.44. The number of carbonyl (C=O) groups excluding carboxylic acids is 1. The van der Waals surface area contributed by atoms with Crippen LogP contribution in [0, 0.1) is 6.92 Å². The van der Waals surface area contributed by atoms with Gasteiger partial charge in [0.15, 0.2) is 5.76 Å². The molecule has 0 saturated carbocycles. The van der Waals surface area contributed by atoms with Crippen LogP contribution < -0.4 is 11.1 Å². The van der Waals surface area contributed by atoms with E-state index in [1.165, 1.54) is 12.3 Å². The zero-order valence-electron chi connectivity index (χ0n) is 16.3. The van der Waals surface area contributed by atoms with Crippen molar-refractivity contribution in [1.29, 1.82) is 0 Å². The number of benzene rings is 1. The van der Waals surface area contributed by atoms with E-state index in [-0.39, 0.29) is 18.7 Å². The highest BCUT2D eigenvalue weighted by Gasteiger charge is 2.30. The Balaban J connectivity index is 1.76. The Morgan fingerprint density at radius 2 is 2.10 bits per heavy atom. The lowest BCUT2D eigenvalue weighted by Crippen LogP contribution is -2.41. The van der Waals surface area contributed by atoms with Crippen LogP contribution in [0.25, 0.3) is 11.3 Å². The van der Waals surface area contributed by atoms with Gasteiger partial charge in [0.2, 0.25) is 0 Å². The Morgan fingerprint density at radius 3 is 2.70 bits per heavy atom. The number of aromatic nitrogens is 2. The van der Waals surface area contributed by atoms with Gasteiger partial charge in [-0.25, -0.2) is 0 Å². The molecule has 0 saturated heterocycles. The first-order valence-electron chi connectivity index (χ1n) is 9.05. The number of alkyl halides is 3. The lowest BCUT2D eigenvalue weighted by molar-refractivity contribution is -0.137. The number of nitrogens with one attached hydrogen (secondary N) is 1. The number of halogens is 4. The molecule has 6 nitrogen and oxygen atoms in total. The first-order valence-corrected chi connectivity index (χ1v) is 9.43. The molecular formula is C20H20ClF3N4O2. The van der Waals surface area contributed by atoms with Crippen molar-refractivity contribution in [3.05, 3.63) is 64.2 Å². The highest BCUT2D eigenvalue weighted by Crippen LogP contribution is 2.32. The molecule has 0 aliphatic carbocycles. The van der Waals surface area contributed by atoms with Crippen molar-refractivity contribution in [2.75, 3.05) is 6.54 Å². The fourth-order valence-electron chi connectivity index (χ4n) is 3.15. The highest BCUT2D eigenvalue weighted by atomic mass is 35.5. The highest BCUT2D eigenvalue weighted by molar-refractivity contribution is 6.33. The van der Waals surface area contributed by atoms with Crippen LogP contribution >= 0.6 is 11.6 Å². The largest absolute Gasteiger partial charge is 0.455 e. The number of carbonyl (C=O) groups is 1. The Hall–Kier alpha value is -2.78. The first-order chi connectivity index (χ1) is 14.1. The molecule has 0 bridgehead atoms.